The molecule has 94 valence electrons. The Balaban J connectivity index is 1.93. The van der Waals surface area contributed by atoms with Gasteiger partial charge in [0.1, 0.15) is 0 Å². The Morgan fingerprint density at radius 3 is 2.00 bits per heavy atom. The summed E-state index contributed by atoms with van der Waals surface area (Å²) in [5.74, 6) is 0. The highest BCUT2D eigenvalue weighted by Gasteiger charge is 1.98. The smallest absolute Gasteiger partial charge is 0.00741 e. The zero-order valence-electron chi connectivity index (χ0n) is 10.8. The van der Waals surface area contributed by atoms with E-state index in [9.17, 15) is 0 Å². The molecule has 0 amide bonds. The minimum absolute atomic E-state index is 0.772. The fourth-order valence-electron chi connectivity index (χ4n) is 2.18. The van der Waals surface area contributed by atoms with Crippen molar-refractivity contribution in [1.29, 1.82) is 0 Å². The minimum Gasteiger partial charge on any atom is -0.330 e. The van der Waals surface area contributed by atoms with Crippen LogP contribution < -0.4 is 5.73 Å². The van der Waals surface area contributed by atoms with E-state index in [4.69, 9.17) is 5.73 Å². The summed E-state index contributed by atoms with van der Waals surface area (Å²) < 4.78 is 0. The van der Waals surface area contributed by atoms with Crippen LogP contribution >= 0.6 is 0 Å². The number of aryl methyl sites for hydroxylation is 3. The van der Waals surface area contributed by atoms with Crippen LogP contribution in [0.15, 0.2) is 54.6 Å². The maximum atomic E-state index is 5.55. The molecule has 18 heavy (non-hydrogen) atoms. The highest BCUT2D eigenvalue weighted by molar-refractivity contribution is 5.25. The first kappa shape index (κ1) is 12.8. The van der Waals surface area contributed by atoms with Gasteiger partial charge in [0.05, 0.1) is 0 Å². The molecule has 0 atom stereocenters. The maximum Gasteiger partial charge on any atom is -0.00741 e. The molecule has 1 nitrogen and oxygen atoms in total. The number of nitrogens with two attached hydrogens (primary N) is 1. The molecule has 0 heterocycles. The molecule has 0 bridgehead atoms. The Labute approximate surface area is 110 Å². The molecule has 2 rings (SSSR count). The van der Waals surface area contributed by atoms with Crippen molar-refractivity contribution in [2.75, 3.05) is 6.54 Å². The second-order valence-electron chi connectivity index (χ2n) is 4.70. The second kappa shape index (κ2) is 6.97. The lowest BCUT2D eigenvalue weighted by molar-refractivity contribution is 0.829. The quantitative estimate of drug-likeness (QED) is 0.822. The first-order valence-electron chi connectivity index (χ1n) is 6.70. The Morgan fingerprint density at radius 2 is 1.28 bits per heavy atom. The molecule has 0 aliphatic rings. The molecule has 2 N–H and O–H groups in total. The highest BCUT2D eigenvalue weighted by atomic mass is 14.5. The van der Waals surface area contributed by atoms with Crippen LogP contribution in [0.2, 0.25) is 0 Å². The van der Waals surface area contributed by atoms with E-state index in [1.165, 1.54) is 16.7 Å². The molecule has 2 aromatic carbocycles. The summed E-state index contributed by atoms with van der Waals surface area (Å²) in [5, 5.41) is 0. The van der Waals surface area contributed by atoms with Crippen LogP contribution in [0.5, 0.6) is 0 Å². The van der Waals surface area contributed by atoms with Gasteiger partial charge in [0, 0.05) is 0 Å². The van der Waals surface area contributed by atoms with Gasteiger partial charge in [-0.15, -0.1) is 0 Å². The summed E-state index contributed by atoms with van der Waals surface area (Å²) in [4.78, 5) is 0. The lowest BCUT2D eigenvalue weighted by atomic mass is 10.0. The fraction of sp³-hybridized carbons (Fsp3) is 0.294. The van der Waals surface area contributed by atoms with Crippen molar-refractivity contribution >= 4 is 0 Å². The van der Waals surface area contributed by atoms with Crippen molar-refractivity contribution in [3.05, 3.63) is 71.3 Å². The highest BCUT2D eigenvalue weighted by Crippen LogP contribution is 2.11. The van der Waals surface area contributed by atoms with Gasteiger partial charge < -0.3 is 5.73 Å². The van der Waals surface area contributed by atoms with Crippen molar-refractivity contribution in [3.8, 4) is 0 Å². The number of hydrogen-bond acceptors (Lipinski definition) is 1. The lowest BCUT2D eigenvalue weighted by Gasteiger charge is -2.05. The van der Waals surface area contributed by atoms with Crippen LogP contribution in [0.3, 0.4) is 0 Å². The molecule has 0 radical (unpaired) electrons. The average Bonchev–Trinajstić information content (AvgIpc) is 2.44. The van der Waals surface area contributed by atoms with Crippen molar-refractivity contribution in [1.82, 2.24) is 0 Å². The van der Waals surface area contributed by atoms with E-state index < -0.39 is 0 Å². The predicted molar refractivity (Wildman–Crippen MR) is 77.7 cm³/mol. The predicted octanol–water partition coefficient (Wildman–Crippen LogP) is 3.36. The van der Waals surface area contributed by atoms with E-state index in [-0.39, 0.29) is 0 Å². The molecule has 0 saturated carbocycles. The van der Waals surface area contributed by atoms with Gasteiger partial charge in [-0.3, -0.25) is 0 Å². The van der Waals surface area contributed by atoms with Gasteiger partial charge in [0.2, 0.25) is 0 Å². The molecule has 0 spiro atoms. The second-order valence-corrected chi connectivity index (χ2v) is 4.70. The third kappa shape index (κ3) is 4.01. The van der Waals surface area contributed by atoms with Crippen LogP contribution in [0.4, 0.5) is 0 Å². The van der Waals surface area contributed by atoms with Gasteiger partial charge in [0.15, 0.2) is 0 Å². The molecule has 0 aromatic heterocycles. The third-order valence-corrected chi connectivity index (χ3v) is 3.21. The summed E-state index contributed by atoms with van der Waals surface area (Å²) in [6.07, 6.45) is 4.39. The molecule has 0 fully saturated rings. The van der Waals surface area contributed by atoms with Gasteiger partial charge >= 0.3 is 0 Å². The number of benzene rings is 2. The SMILES string of the molecule is NCCCc1cccc(CCc2ccccc2)c1. The molecule has 0 aliphatic carbocycles. The third-order valence-electron chi connectivity index (χ3n) is 3.21. The van der Waals surface area contributed by atoms with Crippen LogP contribution in [-0.2, 0) is 19.3 Å². The van der Waals surface area contributed by atoms with E-state index in [2.05, 4.69) is 54.6 Å². The normalized spacial score (nSPS) is 10.5. The first-order chi connectivity index (χ1) is 8.88. The summed E-state index contributed by atoms with van der Waals surface area (Å²) >= 11 is 0. The maximum absolute atomic E-state index is 5.55. The molecule has 1 heteroatoms. The standard InChI is InChI=1S/C17H21N/c18-13-5-10-16-8-4-9-17(14-16)12-11-15-6-2-1-3-7-15/h1-4,6-9,14H,5,10-13,18H2. The summed E-state index contributed by atoms with van der Waals surface area (Å²) in [7, 11) is 0. The molecular formula is C17H21N. The summed E-state index contributed by atoms with van der Waals surface area (Å²) in [6.45, 7) is 0.772. The van der Waals surface area contributed by atoms with Crippen molar-refractivity contribution < 1.29 is 0 Å². The van der Waals surface area contributed by atoms with Gasteiger partial charge in [0.25, 0.3) is 0 Å². The first-order valence-corrected chi connectivity index (χ1v) is 6.70. The largest absolute Gasteiger partial charge is 0.330 e. The van der Waals surface area contributed by atoms with Crippen molar-refractivity contribution in [3.63, 3.8) is 0 Å². The Morgan fingerprint density at radius 1 is 0.667 bits per heavy atom. The van der Waals surface area contributed by atoms with Crippen molar-refractivity contribution in [2.45, 2.75) is 25.7 Å². The van der Waals surface area contributed by atoms with Crippen LogP contribution in [0.1, 0.15) is 23.1 Å². The van der Waals surface area contributed by atoms with Gasteiger partial charge in [-0.2, -0.15) is 0 Å². The van der Waals surface area contributed by atoms with Crippen LogP contribution in [0, 0.1) is 0 Å². The van der Waals surface area contributed by atoms with Gasteiger partial charge in [-0.1, -0.05) is 54.6 Å². The monoisotopic (exact) mass is 239 g/mol. The van der Waals surface area contributed by atoms with E-state index >= 15 is 0 Å². The fourth-order valence-corrected chi connectivity index (χ4v) is 2.18. The Hall–Kier alpha value is -1.60. The molecular weight excluding hydrogens is 218 g/mol. The van der Waals surface area contributed by atoms with Gasteiger partial charge in [-0.05, 0) is 48.9 Å². The topological polar surface area (TPSA) is 26.0 Å². The Bertz CT molecular complexity index is 462. The van der Waals surface area contributed by atoms with E-state index in [1.807, 2.05) is 0 Å². The number of rotatable bonds is 6. The molecule has 0 aliphatic heterocycles. The Kier molecular flexibility index (Phi) is 4.98. The molecule has 0 saturated heterocycles. The zero-order valence-corrected chi connectivity index (χ0v) is 10.8. The molecule has 2 aromatic rings. The van der Waals surface area contributed by atoms with E-state index in [0.717, 1.165) is 32.2 Å². The van der Waals surface area contributed by atoms with Gasteiger partial charge in [-0.25, -0.2) is 0 Å². The van der Waals surface area contributed by atoms with E-state index in [1.54, 1.807) is 0 Å². The lowest BCUT2D eigenvalue weighted by Crippen LogP contribution is -2.00. The minimum atomic E-state index is 0.772. The molecule has 0 unspecified atom stereocenters. The van der Waals surface area contributed by atoms with Crippen LogP contribution in [-0.4, -0.2) is 6.54 Å². The van der Waals surface area contributed by atoms with E-state index in [0.29, 0.717) is 0 Å². The summed E-state index contributed by atoms with van der Waals surface area (Å²) in [6, 6.07) is 19.6. The van der Waals surface area contributed by atoms with Crippen LogP contribution in [0.25, 0.3) is 0 Å². The summed E-state index contributed by atoms with van der Waals surface area (Å²) in [5.41, 5.74) is 9.79. The van der Waals surface area contributed by atoms with Crippen molar-refractivity contribution in [2.24, 2.45) is 5.73 Å². The zero-order chi connectivity index (χ0) is 12.6. The average molecular weight is 239 g/mol. The number of hydrogen-bond donors (Lipinski definition) is 1.